The van der Waals surface area contributed by atoms with Crippen molar-refractivity contribution < 1.29 is 33.8 Å². The third-order valence-electron chi connectivity index (χ3n) is 1.92. The lowest BCUT2D eigenvalue weighted by Gasteiger charge is -2.28. The smallest absolute Gasteiger partial charge is 0.367 e. The summed E-state index contributed by atoms with van der Waals surface area (Å²) in [6.07, 6.45) is -0.792. The van der Waals surface area contributed by atoms with Gasteiger partial charge < -0.3 is 24.7 Å². The van der Waals surface area contributed by atoms with E-state index in [0.29, 0.717) is 0 Å². The highest BCUT2D eigenvalue weighted by molar-refractivity contribution is 7.72. The first-order valence-electron chi connectivity index (χ1n) is 3.94. The van der Waals surface area contributed by atoms with E-state index in [1.807, 2.05) is 0 Å². The minimum Gasteiger partial charge on any atom is -0.367 e. The lowest BCUT2D eigenvalue weighted by atomic mass is 10.3. The Morgan fingerprint density at radius 2 is 1.69 bits per heavy atom. The Morgan fingerprint density at radius 1 is 1.19 bits per heavy atom. The average Bonchev–Trinajstić information content (AvgIpc) is 2.52. The van der Waals surface area contributed by atoms with Gasteiger partial charge in [0.05, 0.1) is 0 Å². The Bertz CT molecular complexity index is 421. The molecule has 92 valence electrons. The molecular formula is C6H10O7P2S. The van der Waals surface area contributed by atoms with Gasteiger partial charge in [-0.1, -0.05) is 6.07 Å². The Hall–Kier alpha value is -0.0400. The minimum atomic E-state index is -5.35. The van der Waals surface area contributed by atoms with Crippen LogP contribution in [0.25, 0.3) is 0 Å². The third kappa shape index (κ3) is 2.61. The molecule has 0 amide bonds. The fraction of sp³-hybridized carbons (Fsp3) is 0.333. The summed E-state index contributed by atoms with van der Waals surface area (Å²) in [4.78, 5) is 35.7. The standard InChI is InChI=1S/C6H10O7P2S/c7-6(14(8,9)10,15(11,12)13)4-5-2-1-3-16-5/h1-3,7H,4H2,(H2,8,9,10)(H2,11,12,13). The fourth-order valence-electron chi connectivity index (χ4n) is 1.02. The average molecular weight is 288 g/mol. The van der Waals surface area contributed by atoms with E-state index in [1.54, 1.807) is 11.4 Å². The second-order valence-electron chi connectivity index (χ2n) is 3.12. The van der Waals surface area contributed by atoms with Crippen molar-refractivity contribution in [2.24, 2.45) is 0 Å². The first-order valence-corrected chi connectivity index (χ1v) is 8.04. The zero-order valence-corrected chi connectivity index (χ0v) is 10.4. The summed E-state index contributed by atoms with van der Waals surface area (Å²) in [6, 6.07) is 2.96. The van der Waals surface area contributed by atoms with Crippen molar-refractivity contribution in [3.63, 3.8) is 0 Å². The van der Waals surface area contributed by atoms with Gasteiger partial charge in [-0.05, 0) is 11.4 Å². The molecule has 7 nitrogen and oxygen atoms in total. The molecule has 0 bridgehead atoms. The van der Waals surface area contributed by atoms with Crippen LogP contribution in [0, 0.1) is 0 Å². The van der Waals surface area contributed by atoms with Crippen LogP contribution in [-0.4, -0.2) is 29.8 Å². The Kier molecular flexibility index (Phi) is 3.79. The molecule has 0 saturated heterocycles. The number of aliphatic hydroxyl groups is 1. The molecular weight excluding hydrogens is 278 g/mol. The molecule has 0 radical (unpaired) electrons. The van der Waals surface area contributed by atoms with Crippen LogP contribution >= 0.6 is 26.5 Å². The van der Waals surface area contributed by atoms with Gasteiger partial charge in [-0.15, -0.1) is 11.3 Å². The van der Waals surface area contributed by atoms with E-state index in [-0.39, 0.29) is 4.88 Å². The van der Waals surface area contributed by atoms with E-state index in [0.717, 1.165) is 11.3 Å². The van der Waals surface area contributed by atoms with Crippen molar-refractivity contribution >= 4 is 26.5 Å². The minimum absolute atomic E-state index is 0.272. The van der Waals surface area contributed by atoms with E-state index in [9.17, 15) is 14.2 Å². The van der Waals surface area contributed by atoms with Crippen molar-refractivity contribution in [3.05, 3.63) is 22.4 Å². The summed E-state index contributed by atoms with van der Waals surface area (Å²) in [6.45, 7) is 0. The van der Waals surface area contributed by atoms with Crippen LogP contribution in [0.5, 0.6) is 0 Å². The van der Waals surface area contributed by atoms with Crippen LogP contribution < -0.4 is 0 Å². The van der Waals surface area contributed by atoms with Gasteiger partial charge in [0.25, 0.3) is 5.08 Å². The lowest BCUT2D eigenvalue weighted by Crippen LogP contribution is -2.30. The van der Waals surface area contributed by atoms with Gasteiger partial charge in [-0.3, -0.25) is 9.13 Å². The van der Waals surface area contributed by atoms with Gasteiger partial charge in [0.1, 0.15) is 0 Å². The van der Waals surface area contributed by atoms with Crippen LogP contribution in [-0.2, 0) is 15.6 Å². The molecule has 1 aromatic rings. The van der Waals surface area contributed by atoms with E-state index in [2.05, 4.69) is 0 Å². The summed E-state index contributed by atoms with van der Waals surface area (Å²) >= 11 is 1.04. The largest absolute Gasteiger partial charge is 0.369 e. The number of hydrogen-bond donors (Lipinski definition) is 5. The van der Waals surface area contributed by atoms with Gasteiger partial charge in [-0.25, -0.2) is 0 Å². The molecule has 1 rings (SSSR count). The normalized spacial score (nSPS) is 14.1. The first kappa shape index (κ1) is 14.0. The predicted octanol–water partition coefficient (Wildman–Crippen LogP) is 0.292. The quantitative estimate of drug-likeness (QED) is 0.502. The van der Waals surface area contributed by atoms with Crippen molar-refractivity contribution in [2.75, 3.05) is 0 Å². The molecule has 0 saturated carbocycles. The van der Waals surface area contributed by atoms with E-state index in [4.69, 9.17) is 19.6 Å². The maximum absolute atomic E-state index is 11.0. The summed E-state index contributed by atoms with van der Waals surface area (Å²) in [5.41, 5.74) is 0. The maximum atomic E-state index is 11.0. The maximum Gasteiger partial charge on any atom is 0.369 e. The zero-order valence-electron chi connectivity index (χ0n) is 7.79. The van der Waals surface area contributed by atoms with E-state index < -0.39 is 26.7 Å². The molecule has 0 aliphatic carbocycles. The molecule has 16 heavy (non-hydrogen) atoms. The second-order valence-corrected chi connectivity index (χ2v) is 8.16. The molecule has 1 aromatic heterocycles. The predicted molar refractivity (Wildman–Crippen MR) is 57.1 cm³/mol. The van der Waals surface area contributed by atoms with Crippen molar-refractivity contribution in [3.8, 4) is 0 Å². The van der Waals surface area contributed by atoms with E-state index >= 15 is 0 Å². The van der Waals surface area contributed by atoms with Gasteiger partial charge in [-0.2, -0.15) is 0 Å². The van der Waals surface area contributed by atoms with Gasteiger partial charge >= 0.3 is 15.2 Å². The highest BCUT2D eigenvalue weighted by atomic mass is 32.1. The van der Waals surface area contributed by atoms with Crippen LogP contribution in [0.15, 0.2) is 17.5 Å². The van der Waals surface area contributed by atoms with Crippen molar-refractivity contribution in [1.29, 1.82) is 0 Å². The van der Waals surface area contributed by atoms with Crippen molar-refractivity contribution in [2.45, 2.75) is 11.5 Å². The van der Waals surface area contributed by atoms with Crippen LogP contribution in [0.2, 0.25) is 0 Å². The van der Waals surface area contributed by atoms with Gasteiger partial charge in [0.15, 0.2) is 0 Å². The summed E-state index contributed by atoms with van der Waals surface area (Å²) in [7, 11) is -10.7. The number of hydrogen-bond acceptors (Lipinski definition) is 4. The Morgan fingerprint density at radius 3 is 2.00 bits per heavy atom. The molecule has 5 N–H and O–H groups in total. The molecule has 0 fully saturated rings. The topological polar surface area (TPSA) is 135 Å². The fourth-order valence-corrected chi connectivity index (χ4v) is 4.13. The monoisotopic (exact) mass is 288 g/mol. The number of rotatable bonds is 4. The highest BCUT2D eigenvalue weighted by Gasteiger charge is 2.59. The van der Waals surface area contributed by atoms with Crippen LogP contribution in [0.4, 0.5) is 0 Å². The van der Waals surface area contributed by atoms with E-state index in [1.165, 1.54) is 6.07 Å². The summed E-state index contributed by atoms with van der Waals surface area (Å²) in [5.74, 6) is 0. The SMILES string of the molecule is O=P(O)(O)C(O)(Cc1cccs1)P(=O)(O)O. The lowest BCUT2D eigenvalue weighted by molar-refractivity contribution is 0.131. The highest BCUT2D eigenvalue weighted by Crippen LogP contribution is 2.68. The molecule has 0 aliphatic rings. The summed E-state index contributed by atoms with van der Waals surface area (Å²) < 4.78 is 22.0. The zero-order chi connectivity index (χ0) is 12.6. The van der Waals surface area contributed by atoms with Gasteiger partial charge in [0, 0.05) is 11.3 Å². The van der Waals surface area contributed by atoms with Crippen molar-refractivity contribution in [1.82, 2.24) is 0 Å². The molecule has 0 spiro atoms. The summed E-state index contributed by atoms with van der Waals surface area (Å²) in [5, 5.41) is 7.74. The Balaban J connectivity index is 3.18. The third-order valence-corrected chi connectivity index (χ3v) is 6.55. The Labute approximate surface area is 94.7 Å². The van der Waals surface area contributed by atoms with Crippen LogP contribution in [0.1, 0.15) is 4.88 Å². The van der Waals surface area contributed by atoms with Gasteiger partial charge in [0.2, 0.25) is 0 Å². The molecule has 0 aliphatic heterocycles. The molecule has 0 aromatic carbocycles. The number of thiophene rings is 1. The molecule has 1 heterocycles. The second kappa shape index (κ2) is 4.33. The molecule has 0 unspecified atom stereocenters. The molecule has 0 atom stereocenters. The first-order chi connectivity index (χ1) is 7.08. The molecule has 10 heteroatoms. The van der Waals surface area contributed by atoms with Crippen LogP contribution in [0.3, 0.4) is 0 Å².